The van der Waals surface area contributed by atoms with Crippen molar-refractivity contribution >= 4 is 0 Å². The van der Waals surface area contributed by atoms with Crippen molar-refractivity contribution in [3.05, 3.63) is 0 Å². The van der Waals surface area contributed by atoms with Crippen LogP contribution in [-0.4, -0.2) is 32.2 Å². The summed E-state index contributed by atoms with van der Waals surface area (Å²) in [6, 6.07) is 0. The number of hydrogen-bond donors (Lipinski definition) is 0. The number of rotatable bonds is 34. The minimum atomic E-state index is 0. The average Bonchev–Trinajstić information content (AvgIpc) is 2.90. The fourth-order valence-corrected chi connectivity index (χ4v) is 6.14. The Labute approximate surface area is 262 Å². The molecule has 0 N–H and O–H groups in total. The first-order valence-electron chi connectivity index (χ1n) is 18.9. The summed E-state index contributed by atoms with van der Waals surface area (Å²) < 4.78 is 1.12. The number of unbranched alkanes of at least 4 members (excludes halogenated alkanes) is 32. The van der Waals surface area contributed by atoms with E-state index >= 15 is 0 Å². The molecule has 2 heteroatoms. The maximum Gasteiger partial charge on any atom is 0.0780 e. The quantitative estimate of drug-likeness (QED) is 0.0520. The molecule has 0 spiro atoms. The predicted molar refractivity (Wildman–Crippen MR) is 181 cm³/mol. The van der Waals surface area contributed by atoms with Crippen molar-refractivity contribution in [2.24, 2.45) is 0 Å². The maximum atomic E-state index is 2.31. The first-order chi connectivity index (χ1) is 19.1. The van der Waals surface area contributed by atoms with Crippen LogP contribution in [0.3, 0.4) is 0 Å². The van der Waals surface area contributed by atoms with Crippen molar-refractivity contribution in [2.75, 3.05) is 27.7 Å². The van der Waals surface area contributed by atoms with Crippen LogP contribution in [0.2, 0.25) is 0 Å². The van der Waals surface area contributed by atoms with Gasteiger partial charge in [-0.3, -0.25) is 0 Å². The molecule has 0 amide bonds. The van der Waals surface area contributed by atoms with E-state index in [1.807, 2.05) is 0 Å². The fourth-order valence-electron chi connectivity index (χ4n) is 6.14. The molecular weight excluding hydrogens is 506 g/mol. The monoisotopic (exact) mass is 586 g/mol. The summed E-state index contributed by atoms with van der Waals surface area (Å²) in [6.07, 6.45) is 48.8. The summed E-state index contributed by atoms with van der Waals surface area (Å²) in [6.45, 7) is 3.64. The van der Waals surface area contributed by atoms with Gasteiger partial charge >= 0.3 is 0 Å². The van der Waals surface area contributed by atoms with Gasteiger partial charge in [-0.05, 0) is 12.8 Å². The van der Waals surface area contributed by atoms with Gasteiger partial charge in [-0.15, -0.1) is 0 Å². The molecule has 0 unspecified atom stereocenters. The van der Waals surface area contributed by atoms with Crippen LogP contribution in [0.1, 0.15) is 219 Å². The van der Waals surface area contributed by atoms with E-state index in [4.69, 9.17) is 0 Å². The van der Waals surface area contributed by atoms with Gasteiger partial charge in [0.25, 0.3) is 0 Å². The number of hydrogen-bond acceptors (Lipinski definition) is 0. The lowest BCUT2D eigenvalue weighted by Crippen LogP contribution is -3.00. The standard InChI is InChI=1S/C38H80N.ClH/c1-5-6-7-8-9-10-11-12-13-14-15-16-17-18-19-20-21-22-23-24-25-26-27-28-29-30-31-32-33-34-35-36-37-38-39(2,3)4;/h5-38H2,1-4H3;1H/q+1;/p-1. The number of halogens is 1. The van der Waals surface area contributed by atoms with Crippen LogP contribution in [-0.2, 0) is 0 Å². The Kier molecular flexibility index (Phi) is 37.6. The van der Waals surface area contributed by atoms with E-state index in [1.54, 1.807) is 0 Å². The van der Waals surface area contributed by atoms with Gasteiger partial charge in [0.15, 0.2) is 0 Å². The molecule has 0 heterocycles. The highest BCUT2D eigenvalue weighted by atomic mass is 35.5. The van der Waals surface area contributed by atoms with Crippen LogP contribution in [0.5, 0.6) is 0 Å². The molecule has 244 valence electrons. The molecule has 0 bridgehead atoms. The molecule has 0 aliphatic heterocycles. The van der Waals surface area contributed by atoms with E-state index in [2.05, 4.69) is 28.1 Å². The Hall–Kier alpha value is 0.250. The highest BCUT2D eigenvalue weighted by Crippen LogP contribution is 2.17. The lowest BCUT2D eigenvalue weighted by molar-refractivity contribution is -0.870. The summed E-state index contributed by atoms with van der Waals surface area (Å²) in [5.74, 6) is 0. The molecule has 0 fully saturated rings. The molecule has 0 aromatic heterocycles. The van der Waals surface area contributed by atoms with Gasteiger partial charge in [0, 0.05) is 0 Å². The van der Waals surface area contributed by atoms with Crippen LogP contribution >= 0.6 is 0 Å². The minimum Gasteiger partial charge on any atom is -1.00 e. The Morgan fingerprint density at radius 3 is 0.550 bits per heavy atom. The molecule has 0 rings (SSSR count). The second-order valence-corrected chi connectivity index (χ2v) is 14.3. The molecular formula is C38H80ClN. The Morgan fingerprint density at radius 1 is 0.250 bits per heavy atom. The zero-order chi connectivity index (χ0) is 28.5. The van der Waals surface area contributed by atoms with Crippen LogP contribution in [0.4, 0.5) is 0 Å². The molecule has 0 saturated carbocycles. The van der Waals surface area contributed by atoms with Gasteiger partial charge in [-0.1, -0.05) is 206 Å². The maximum absolute atomic E-state index is 2.31. The smallest absolute Gasteiger partial charge is 0.0780 e. The van der Waals surface area contributed by atoms with E-state index in [1.165, 1.54) is 218 Å². The Balaban J connectivity index is 0. The summed E-state index contributed by atoms with van der Waals surface area (Å²) >= 11 is 0. The average molecular weight is 587 g/mol. The first kappa shape index (κ1) is 42.4. The first-order valence-corrected chi connectivity index (χ1v) is 18.9. The van der Waals surface area contributed by atoms with E-state index in [9.17, 15) is 0 Å². The van der Waals surface area contributed by atoms with Gasteiger partial charge in [0.2, 0.25) is 0 Å². The third kappa shape index (κ3) is 40.4. The molecule has 40 heavy (non-hydrogen) atoms. The number of quaternary nitrogens is 1. The predicted octanol–water partition coefficient (Wildman–Crippen LogP) is 10.6. The third-order valence-corrected chi connectivity index (χ3v) is 8.93. The largest absolute Gasteiger partial charge is 1.00 e. The van der Waals surface area contributed by atoms with Gasteiger partial charge in [-0.2, -0.15) is 0 Å². The minimum absolute atomic E-state index is 0. The summed E-state index contributed by atoms with van der Waals surface area (Å²) in [4.78, 5) is 0. The van der Waals surface area contributed by atoms with E-state index in [-0.39, 0.29) is 12.4 Å². The molecule has 0 aliphatic carbocycles. The van der Waals surface area contributed by atoms with Crippen LogP contribution in [0, 0.1) is 0 Å². The van der Waals surface area contributed by atoms with Gasteiger partial charge < -0.3 is 16.9 Å². The van der Waals surface area contributed by atoms with Crippen LogP contribution in [0.15, 0.2) is 0 Å². The van der Waals surface area contributed by atoms with Crippen molar-refractivity contribution in [2.45, 2.75) is 219 Å². The van der Waals surface area contributed by atoms with Crippen LogP contribution < -0.4 is 12.4 Å². The van der Waals surface area contributed by atoms with E-state index < -0.39 is 0 Å². The number of nitrogens with zero attached hydrogens (tertiary/aromatic N) is 1. The van der Waals surface area contributed by atoms with Gasteiger partial charge in [-0.25, -0.2) is 0 Å². The van der Waals surface area contributed by atoms with Gasteiger partial charge in [0.1, 0.15) is 0 Å². The van der Waals surface area contributed by atoms with Crippen molar-refractivity contribution in [1.29, 1.82) is 0 Å². The zero-order valence-electron chi connectivity index (χ0n) is 28.9. The molecule has 0 aromatic rings. The molecule has 0 aromatic carbocycles. The normalized spacial score (nSPS) is 11.7. The molecule has 0 radical (unpaired) electrons. The molecule has 1 nitrogen and oxygen atoms in total. The second-order valence-electron chi connectivity index (χ2n) is 14.3. The molecule has 0 saturated heterocycles. The van der Waals surface area contributed by atoms with Crippen molar-refractivity contribution in [1.82, 2.24) is 0 Å². The summed E-state index contributed by atoms with van der Waals surface area (Å²) in [5, 5.41) is 0. The van der Waals surface area contributed by atoms with Crippen molar-refractivity contribution in [3.63, 3.8) is 0 Å². The third-order valence-electron chi connectivity index (χ3n) is 8.93. The van der Waals surface area contributed by atoms with Crippen molar-refractivity contribution < 1.29 is 16.9 Å². The van der Waals surface area contributed by atoms with Crippen LogP contribution in [0.25, 0.3) is 0 Å². The fraction of sp³-hybridized carbons (Fsp3) is 1.00. The molecule has 0 atom stereocenters. The van der Waals surface area contributed by atoms with Gasteiger partial charge in [0.05, 0.1) is 27.7 Å². The Bertz CT molecular complexity index is 430. The summed E-state index contributed by atoms with van der Waals surface area (Å²) in [7, 11) is 6.93. The SMILES string of the molecule is CCCCCCCCCCCCCCCCCCCCCCCCCCCCCCCCCCC[N+](C)(C)C.[Cl-]. The summed E-state index contributed by atoms with van der Waals surface area (Å²) in [5.41, 5.74) is 0. The molecule has 0 aliphatic rings. The van der Waals surface area contributed by atoms with E-state index in [0.29, 0.717) is 0 Å². The van der Waals surface area contributed by atoms with Crippen molar-refractivity contribution in [3.8, 4) is 0 Å². The van der Waals surface area contributed by atoms with E-state index in [0.717, 1.165) is 4.48 Å². The lowest BCUT2D eigenvalue weighted by Gasteiger charge is -2.23. The zero-order valence-corrected chi connectivity index (χ0v) is 29.6. The second kappa shape index (κ2) is 35.4. The Morgan fingerprint density at radius 2 is 0.400 bits per heavy atom. The highest BCUT2D eigenvalue weighted by molar-refractivity contribution is 4.53. The lowest BCUT2D eigenvalue weighted by atomic mass is 10.0. The topological polar surface area (TPSA) is 0 Å². The highest BCUT2D eigenvalue weighted by Gasteiger charge is 2.05.